The van der Waals surface area contributed by atoms with Gasteiger partial charge in [0.2, 0.25) is 0 Å². The molecular weight excluding hydrogens is 232 g/mol. The Kier molecular flexibility index (Phi) is 5.30. The van der Waals surface area contributed by atoms with Gasteiger partial charge in [0, 0.05) is 18.0 Å². The molecule has 2 atom stereocenters. The minimum atomic E-state index is -0.624. The molecule has 1 aromatic rings. The van der Waals surface area contributed by atoms with Gasteiger partial charge in [0.15, 0.2) is 0 Å². The quantitative estimate of drug-likeness (QED) is 0.802. The van der Waals surface area contributed by atoms with Crippen molar-refractivity contribution in [3.05, 3.63) is 30.1 Å². The second kappa shape index (κ2) is 6.74. The van der Waals surface area contributed by atoms with Gasteiger partial charge >= 0.3 is 5.97 Å². The number of methoxy groups -OCH3 is 1. The Labute approximate surface area is 107 Å². The molecule has 0 aliphatic heterocycles. The fourth-order valence-corrected chi connectivity index (χ4v) is 1.52. The molecule has 0 saturated heterocycles. The van der Waals surface area contributed by atoms with Crippen LogP contribution in [0.3, 0.4) is 0 Å². The second-order valence-electron chi connectivity index (χ2n) is 4.10. The molecule has 0 aliphatic rings. The van der Waals surface area contributed by atoms with Crippen molar-refractivity contribution in [1.82, 2.24) is 10.3 Å². The number of nitrogens with one attached hydrogen (secondary N) is 1. The zero-order valence-corrected chi connectivity index (χ0v) is 10.8. The van der Waals surface area contributed by atoms with E-state index in [9.17, 15) is 9.59 Å². The molecule has 0 aliphatic carbocycles. The third-order valence-corrected chi connectivity index (χ3v) is 2.90. The van der Waals surface area contributed by atoms with Crippen LogP contribution in [0, 0.1) is 5.92 Å². The fourth-order valence-electron chi connectivity index (χ4n) is 1.52. The van der Waals surface area contributed by atoms with Crippen LogP contribution in [0.25, 0.3) is 0 Å². The maximum Gasteiger partial charge on any atom is 0.328 e. The Morgan fingerprint density at radius 3 is 2.50 bits per heavy atom. The molecule has 0 bridgehead atoms. The summed E-state index contributed by atoms with van der Waals surface area (Å²) in [7, 11) is 1.32. The van der Waals surface area contributed by atoms with Gasteiger partial charge in [-0.2, -0.15) is 0 Å². The van der Waals surface area contributed by atoms with Gasteiger partial charge in [-0.1, -0.05) is 20.3 Å². The van der Waals surface area contributed by atoms with Gasteiger partial charge < -0.3 is 10.1 Å². The predicted molar refractivity (Wildman–Crippen MR) is 67.0 cm³/mol. The summed E-state index contributed by atoms with van der Waals surface area (Å²) < 4.78 is 4.71. The predicted octanol–water partition coefficient (Wildman–Crippen LogP) is 1.40. The van der Waals surface area contributed by atoms with Crippen molar-refractivity contribution in [3.8, 4) is 0 Å². The maximum atomic E-state index is 11.9. The molecular formula is C13H18N2O3. The number of ether oxygens (including phenoxy) is 1. The van der Waals surface area contributed by atoms with Crippen molar-refractivity contribution >= 4 is 11.9 Å². The van der Waals surface area contributed by atoms with Crippen LogP contribution in [0.4, 0.5) is 0 Å². The summed E-state index contributed by atoms with van der Waals surface area (Å²) >= 11 is 0. The highest BCUT2D eigenvalue weighted by Crippen LogP contribution is 2.10. The van der Waals surface area contributed by atoms with E-state index in [-0.39, 0.29) is 11.8 Å². The first-order valence-corrected chi connectivity index (χ1v) is 5.88. The van der Waals surface area contributed by atoms with Crippen LogP contribution in [0.15, 0.2) is 24.5 Å². The van der Waals surface area contributed by atoms with Gasteiger partial charge in [-0.25, -0.2) is 4.79 Å². The molecule has 0 fully saturated rings. The van der Waals surface area contributed by atoms with E-state index < -0.39 is 12.0 Å². The normalized spacial score (nSPS) is 13.5. The van der Waals surface area contributed by atoms with E-state index in [4.69, 9.17) is 4.74 Å². The van der Waals surface area contributed by atoms with Crippen LogP contribution in [0.1, 0.15) is 30.6 Å². The minimum Gasteiger partial charge on any atom is -0.467 e. The van der Waals surface area contributed by atoms with Gasteiger partial charge in [-0.05, 0) is 18.1 Å². The van der Waals surface area contributed by atoms with Crippen molar-refractivity contribution in [2.24, 2.45) is 5.92 Å². The van der Waals surface area contributed by atoms with E-state index in [1.54, 1.807) is 12.1 Å². The SMILES string of the molecule is CC[C@H](C)[C@H](NC(=O)c1ccncc1)C(=O)OC. The monoisotopic (exact) mass is 250 g/mol. The molecule has 1 rings (SSSR count). The third-order valence-electron chi connectivity index (χ3n) is 2.90. The number of hydrogen-bond acceptors (Lipinski definition) is 4. The molecule has 1 amide bonds. The molecule has 0 aromatic carbocycles. The molecule has 0 spiro atoms. The summed E-state index contributed by atoms with van der Waals surface area (Å²) in [5, 5.41) is 2.69. The molecule has 1 N–H and O–H groups in total. The summed E-state index contributed by atoms with van der Waals surface area (Å²) in [5.74, 6) is -0.705. The van der Waals surface area contributed by atoms with Crippen LogP contribution in [-0.4, -0.2) is 30.0 Å². The first-order valence-electron chi connectivity index (χ1n) is 5.88. The van der Waals surface area contributed by atoms with E-state index >= 15 is 0 Å². The molecule has 5 nitrogen and oxygen atoms in total. The van der Waals surface area contributed by atoms with Gasteiger partial charge in [0.1, 0.15) is 6.04 Å². The maximum absolute atomic E-state index is 11.9. The van der Waals surface area contributed by atoms with Gasteiger partial charge in [0.05, 0.1) is 7.11 Å². The number of hydrogen-bond donors (Lipinski definition) is 1. The van der Waals surface area contributed by atoms with Gasteiger partial charge in [-0.3, -0.25) is 9.78 Å². The summed E-state index contributed by atoms with van der Waals surface area (Å²) in [6, 6.07) is 2.57. The van der Waals surface area contributed by atoms with Crippen molar-refractivity contribution in [3.63, 3.8) is 0 Å². The smallest absolute Gasteiger partial charge is 0.328 e. The number of amides is 1. The Balaban J connectivity index is 2.78. The zero-order valence-electron chi connectivity index (χ0n) is 10.8. The number of esters is 1. The van der Waals surface area contributed by atoms with E-state index in [1.165, 1.54) is 19.5 Å². The zero-order chi connectivity index (χ0) is 13.5. The molecule has 0 radical (unpaired) electrons. The molecule has 0 saturated carbocycles. The lowest BCUT2D eigenvalue weighted by molar-refractivity contribution is -0.144. The van der Waals surface area contributed by atoms with E-state index in [0.717, 1.165) is 6.42 Å². The van der Waals surface area contributed by atoms with Gasteiger partial charge in [0.25, 0.3) is 5.91 Å². The first kappa shape index (κ1) is 14.2. The summed E-state index contributed by atoms with van der Waals surface area (Å²) in [5.41, 5.74) is 0.474. The van der Waals surface area contributed by atoms with Crippen LogP contribution in [0.5, 0.6) is 0 Å². The Bertz CT molecular complexity index is 406. The van der Waals surface area contributed by atoms with Crippen LogP contribution >= 0.6 is 0 Å². The highest BCUT2D eigenvalue weighted by Gasteiger charge is 2.26. The lowest BCUT2D eigenvalue weighted by Gasteiger charge is -2.21. The summed E-state index contributed by atoms with van der Waals surface area (Å²) in [6.45, 7) is 3.85. The van der Waals surface area contributed by atoms with Gasteiger partial charge in [-0.15, -0.1) is 0 Å². The van der Waals surface area contributed by atoms with Crippen LogP contribution in [0.2, 0.25) is 0 Å². The average Bonchev–Trinajstić information content (AvgIpc) is 2.43. The lowest BCUT2D eigenvalue weighted by atomic mass is 9.99. The highest BCUT2D eigenvalue weighted by molar-refractivity contribution is 5.96. The minimum absolute atomic E-state index is 0.0169. The third kappa shape index (κ3) is 3.55. The largest absolute Gasteiger partial charge is 0.467 e. The topological polar surface area (TPSA) is 68.3 Å². The fraction of sp³-hybridized carbons (Fsp3) is 0.462. The number of pyridine rings is 1. The van der Waals surface area contributed by atoms with Crippen LogP contribution < -0.4 is 5.32 Å². The average molecular weight is 250 g/mol. The standard InChI is InChI=1S/C13H18N2O3/c1-4-9(2)11(13(17)18-3)15-12(16)10-5-7-14-8-6-10/h5-9,11H,4H2,1-3H3,(H,15,16)/t9-,11-/m0/s1. The van der Waals surface area contributed by atoms with Crippen molar-refractivity contribution in [1.29, 1.82) is 0 Å². The highest BCUT2D eigenvalue weighted by atomic mass is 16.5. The molecule has 18 heavy (non-hydrogen) atoms. The Morgan fingerprint density at radius 1 is 1.39 bits per heavy atom. The second-order valence-corrected chi connectivity index (χ2v) is 4.10. The number of carbonyl (C=O) groups is 2. The van der Waals surface area contributed by atoms with Crippen molar-refractivity contribution in [2.75, 3.05) is 7.11 Å². The summed E-state index contributed by atoms with van der Waals surface area (Å²) in [6.07, 6.45) is 3.84. The summed E-state index contributed by atoms with van der Waals surface area (Å²) in [4.78, 5) is 27.4. The number of aromatic nitrogens is 1. The molecule has 1 aromatic heterocycles. The van der Waals surface area contributed by atoms with Crippen LogP contribution in [-0.2, 0) is 9.53 Å². The Morgan fingerprint density at radius 2 is 2.00 bits per heavy atom. The molecule has 0 unspecified atom stereocenters. The molecule has 98 valence electrons. The van der Waals surface area contributed by atoms with Crippen molar-refractivity contribution in [2.45, 2.75) is 26.3 Å². The molecule has 5 heteroatoms. The van der Waals surface area contributed by atoms with Crippen molar-refractivity contribution < 1.29 is 14.3 Å². The molecule has 1 heterocycles. The van der Waals surface area contributed by atoms with E-state index in [0.29, 0.717) is 5.56 Å². The van der Waals surface area contributed by atoms with E-state index in [2.05, 4.69) is 10.3 Å². The number of carbonyl (C=O) groups excluding carboxylic acids is 2. The number of rotatable bonds is 5. The Hall–Kier alpha value is -1.91. The van der Waals surface area contributed by atoms with E-state index in [1.807, 2.05) is 13.8 Å². The number of nitrogens with zero attached hydrogens (tertiary/aromatic N) is 1. The first-order chi connectivity index (χ1) is 8.60. The lowest BCUT2D eigenvalue weighted by Crippen LogP contribution is -2.45.